The summed E-state index contributed by atoms with van der Waals surface area (Å²) >= 11 is 0. The fourth-order valence-electron chi connectivity index (χ4n) is 1.10. The molecule has 0 bridgehead atoms. The maximum Gasteiger partial charge on any atom is 2.00 e. The zero-order valence-corrected chi connectivity index (χ0v) is 11.4. The summed E-state index contributed by atoms with van der Waals surface area (Å²) in [5.41, 5.74) is 1.43. The second-order valence-corrected chi connectivity index (χ2v) is 3.13. The van der Waals surface area contributed by atoms with Gasteiger partial charge >= 0.3 is 23.1 Å². The normalized spacial score (nSPS) is 10.9. The van der Waals surface area contributed by atoms with Crippen molar-refractivity contribution in [3.63, 3.8) is 0 Å². The average molecular weight is 251 g/mol. The molecule has 0 saturated heterocycles. The van der Waals surface area contributed by atoms with Gasteiger partial charge in [-0.2, -0.15) is 35.9 Å². The average Bonchev–Trinajstić information content (AvgIpc) is 2.06. The van der Waals surface area contributed by atoms with E-state index in [0.717, 1.165) is 5.92 Å². The summed E-state index contributed by atoms with van der Waals surface area (Å²) in [6.45, 7) is 4.52. The van der Waals surface area contributed by atoms with Crippen molar-refractivity contribution in [2.45, 2.75) is 26.7 Å². The van der Waals surface area contributed by atoms with Crippen LogP contribution in [0.15, 0.2) is 24.3 Å². The molecule has 0 spiro atoms. The second-order valence-electron chi connectivity index (χ2n) is 3.13. The molecule has 1 aromatic carbocycles. The van der Waals surface area contributed by atoms with Gasteiger partial charge in [0.15, 0.2) is 0 Å². The van der Waals surface area contributed by atoms with Crippen LogP contribution in [-0.4, -0.2) is 23.1 Å². The molecule has 0 heterocycles. The second kappa shape index (κ2) is 9.04. The van der Waals surface area contributed by atoms with Crippen molar-refractivity contribution >= 4 is 23.1 Å². The fourth-order valence-corrected chi connectivity index (χ4v) is 1.10. The van der Waals surface area contributed by atoms with E-state index in [1.807, 2.05) is 12.1 Å². The minimum atomic E-state index is 0. The predicted molar refractivity (Wildman–Crippen MR) is 54.2 cm³/mol. The summed E-state index contributed by atoms with van der Waals surface area (Å²) in [7, 11) is 0. The molecule has 0 amide bonds. The molecule has 0 fully saturated rings. The summed E-state index contributed by atoms with van der Waals surface area (Å²) < 4.78 is 0. The molecule has 1 unspecified atom stereocenters. The smallest absolute Gasteiger partial charge is 1.00 e. The molecular formula is C11H15BrMg. The molecule has 1 aromatic rings. The molecule has 13 heavy (non-hydrogen) atoms. The molecule has 2 heteroatoms. The van der Waals surface area contributed by atoms with Crippen molar-refractivity contribution in [3.8, 4) is 0 Å². The number of benzene rings is 1. The topological polar surface area (TPSA) is 0 Å². The number of halogens is 1. The Morgan fingerprint density at radius 2 is 1.85 bits per heavy atom. The Morgan fingerprint density at radius 3 is 2.31 bits per heavy atom. The van der Waals surface area contributed by atoms with Crippen LogP contribution in [-0.2, 0) is 6.42 Å². The van der Waals surface area contributed by atoms with Gasteiger partial charge in [0.25, 0.3) is 0 Å². The van der Waals surface area contributed by atoms with Crippen LogP contribution in [0, 0.1) is 12.0 Å². The number of hydrogen-bond acceptors (Lipinski definition) is 0. The van der Waals surface area contributed by atoms with E-state index in [0.29, 0.717) is 0 Å². The Labute approximate surface area is 108 Å². The SMILES string of the molecule is CCC(C)Cc1cc[c-]cc1.[Br-].[Mg+2]. The fraction of sp³-hybridized carbons (Fsp3) is 0.455. The number of rotatable bonds is 3. The van der Waals surface area contributed by atoms with Crippen molar-refractivity contribution in [1.82, 2.24) is 0 Å². The van der Waals surface area contributed by atoms with Crippen LogP contribution in [0.1, 0.15) is 25.8 Å². The van der Waals surface area contributed by atoms with Crippen molar-refractivity contribution in [2.75, 3.05) is 0 Å². The Morgan fingerprint density at radius 1 is 1.31 bits per heavy atom. The Hall–Kier alpha value is 0.466. The van der Waals surface area contributed by atoms with Crippen LogP contribution in [0.2, 0.25) is 0 Å². The van der Waals surface area contributed by atoms with Crippen LogP contribution < -0.4 is 17.0 Å². The molecule has 0 aliphatic carbocycles. The van der Waals surface area contributed by atoms with E-state index < -0.39 is 0 Å². The van der Waals surface area contributed by atoms with E-state index in [9.17, 15) is 0 Å². The van der Waals surface area contributed by atoms with E-state index in [1.165, 1.54) is 18.4 Å². The Kier molecular flexibility index (Phi) is 11.1. The van der Waals surface area contributed by atoms with E-state index in [1.54, 1.807) is 0 Å². The Bertz CT molecular complexity index is 199. The maximum absolute atomic E-state index is 3.02. The van der Waals surface area contributed by atoms with Gasteiger partial charge in [-0.25, -0.2) is 0 Å². The largest absolute Gasteiger partial charge is 2.00 e. The molecule has 1 atom stereocenters. The van der Waals surface area contributed by atoms with Gasteiger partial charge in [-0.15, -0.1) is 0 Å². The van der Waals surface area contributed by atoms with Gasteiger partial charge < -0.3 is 17.0 Å². The molecule has 0 saturated carbocycles. The van der Waals surface area contributed by atoms with E-state index in [-0.39, 0.29) is 40.0 Å². The third kappa shape index (κ3) is 6.53. The van der Waals surface area contributed by atoms with Gasteiger partial charge in [0.1, 0.15) is 0 Å². The third-order valence-corrected chi connectivity index (χ3v) is 2.07. The summed E-state index contributed by atoms with van der Waals surface area (Å²) in [4.78, 5) is 0. The Balaban J connectivity index is 0. The van der Waals surface area contributed by atoms with Crippen molar-refractivity contribution in [2.24, 2.45) is 5.92 Å². The van der Waals surface area contributed by atoms with Crippen LogP contribution in [0.25, 0.3) is 0 Å². The minimum absolute atomic E-state index is 0. The molecule has 0 N–H and O–H groups in total. The standard InChI is InChI=1S/C11H15.BrH.Mg/c1-3-10(2)9-11-7-5-4-6-8-11;;/h5-8,10H,3,9H2,1-2H3;1H;/q-1;;+2/p-1. The molecule has 1 rings (SSSR count). The molecular weight excluding hydrogens is 236 g/mol. The van der Waals surface area contributed by atoms with Crippen LogP contribution >= 0.6 is 0 Å². The van der Waals surface area contributed by atoms with Gasteiger partial charge in [-0.3, -0.25) is 0 Å². The van der Waals surface area contributed by atoms with Crippen molar-refractivity contribution in [1.29, 1.82) is 0 Å². The van der Waals surface area contributed by atoms with Crippen molar-refractivity contribution < 1.29 is 17.0 Å². The predicted octanol–water partition coefficient (Wildman–Crippen LogP) is -0.301. The van der Waals surface area contributed by atoms with Crippen LogP contribution in [0.4, 0.5) is 0 Å². The summed E-state index contributed by atoms with van der Waals surface area (Å²) in [6.07, 6.45) is 2.46. The van der Waals surface area contributed by atoms with Crippen LogP contribution in [0.3, 0.4) is 0 Å². The van der Waals surface area contributed by atoms with Gasteiger partial charge in [0.2, 0.25) is 0 Å². The van der Waals surface area contributed by atoms with Crippen molar-refractivity contribution in [3.05, 3.63) is 35.9 Å². The summed E-state index contributed by atoms with van der Waals surface area (Å²) in [6, 6.07) is 11.3. The van der Waals surface area contributed by atoms with Gasteiger partial charge in [0.05, 0.1) is 0 Å². The van der Waals surface area contributed by atoms with Gasteiger partial charge in [0, 0.05) is 0 Å². The summed E-state index contributed by atoms with van der Waals surface area (Å²) in [5, 5.41) is 0. The van der Waals surface area contributed by atoms with Gasteiger partial charge in [-0.05, 0) is 12.3 Å². The quantitative estimate of drug-likeness (QED) is 0.511. The van der Waals surface area contributed by atoms with E-state index in [2.05, 4.69) is 32.0 Å². The first-order valence-electron chi connectivity index (χ1n) is 4.28. The zero-order valence-electron chi connectivity index (χ0n) is 8.39. The molecule has 0 aliphatic rings. The first kappa shape index (κ1) is 15.9. The number of hydrogen-bond donors (Lipinski definition) is 0. The molecule has 0 nitrogen and oxygen atoms in total. The first-order valence-corrected chi connectivity index (χ1v) is 4.28. The monoisotopic (exact) mass is 250 g/mol. The molecule has 0 aliphatic heterocycles. The summed E-state index contributed by atoms with van der Waals surface area (Å²) in [5.74, 6) is 0.803. The van der Waals surface area contributed by atoms with Gasteiger partial charge in [-0.1, -0.05) is 20.3 Å². The van der Waals surface area contributed by atoms with E-state index in [4.69, 9.17) is 0 Å². The maximum atomic E-state index is 3.02. The first-order chi connectivity index (χ1) is 5.33. The van der Waals surface area contributed by atoms with Crippen LogP contribution in [0.5, 0.6) is 0 Å². The third-order valence-electron chi connectivity index (χ3n) is 2.07. The van der Waals surface area contributed by atoms with E-state index >= 15 is 0 Å². The zero-order chi connectivity index (χ0) is 8.10. The minimum Gasteiger partial charge on any atom is -1.00 e. The molecule has 0 aromatic heterocycles. The molecule has 0 radical (unpaired) electrons. The molecule has 68 valence electrons.